The Labute approximate surface area is 112 Å². The van der Waals surface area contributed by atoms with E-state index in [1.807, 2.05) is 0 Å². The smallest absolute Gasteiger partial charge is 0.338 e. The topological polar surface area (TPSA) is 78.6 Å². The lowest BCUT2D eigenvalue weighted by Gasteiger charge is -2.08. The molecule has 1 rings (SSSR count). The quantitative estimate of drug-likeness (QED) is 0.510. The van der Waals surface area contributed by atoms with E-state index in [1.165, 1.54) is 13.2 Å². The second-order valence-electron chi connectivity index (χ2n) is 3.86. The van der Waals surface area contributed by atoms with Crippen LogP contribution in [0.3, 0.4) is 0 Å². The highest BCUT2D eigenvalue weighted by atomic mass is 16.5. The first-order valence-corrected chi connectivity index (χ1v) is 5.82. The number of benzene rings is 1. The fraction of sp³-hybridized carbons (Fsp3) is 0.286. The van der Waals surface area contributed by atoms with Crippen molar-refractivity contribution in [3.8, 4) is 0 Å². The molecule has 102 valence electrons. The molecule has 0 aromatic heterocycles. The average Bonchev–Trinajstić information content (AvgIpc) is 2.39. The minimum atomic E-state index is -0.462. The molecule has 0 fully saturated rings. The molecule has 0 bridgehead atoms. The summed E-state index contributed by atoms with van der Waals surface area (Å²) >= 11 is 0. The lowest BCUT2D eigenvalue weighted by atomic mass is 10.0. The van der Waals surface area contributed by atoms with Crippen LogP contribution in [0.15, 0.2) is 18.2 Å². The monoisotopic (exact) mass is 263 g/mol. The molecule has 0 heterocycles. The Kier molecular flexibility index (Phi) is 5.11. The van der Waals surface area contributed by atoms with Crippen LogP contribution in [-0.4, -0.2) is 25.7 Å². The summed E-state index contributed by atoms with van der Waals surface area (Å²) in [5.41, 5.74) is 7.95. The predicted octanol–water partition coefficient (Wildman–Crippen LogP) is 1.94. The van der Waals surface area contributed by atoms with Gasteiger partial charge in [0.05, 0.1) is 19.3 Å². The molecule has 1 aromatic carbocycles. The maximum Gasteiger partial charge on any atom is 0.338 e. The van der Waals surface area contributed by atoms with Crippen LogP contribution in [0.4, 0.5) is 5.69 Å². The summed E-state index contributed by atoms with van der Waals surface area (Å²) in [6.45, 7) is 3.78. The Bertz CT molecular complexity index is 520. The Hall–Kier alpha value is -2.30. The summed E-state index contributed by atoms with van der Waals surface area (Å²) in [6.07, 6.45) is 2.83. The summed E-state index contributed by atoms with van der Waals surface area (Å²) in [6, 6.07) is 3.30. The molecule has 0 atom stereocenters. The molecular weight excluding hydrogens is 246 g/mol. The van der Waals surface area contributed by atoms with Crippen LogP contribution in [-0.2, 0) is 14.3 Å². The van der Waals surface area contributed by atoms with Gasteiger partial charge < -0.3 is 15.2 Å². The SMILES string of the molecule is CCOC(=O)C=Cc1cc(N)c(C)c(C(=O)OC)c1. The van der Waals surface area contributed by atoms with Crippen LogP contribution in [0.25, 0.3) is 6.08 Å². The molecule has 0 aliphatic rings. The third kappa shape index (κ3) is 3.84. The Morgan fingerprint density at radius 3 is 2.63 bits per heavy atom. The largest absolute Gasteiger partial charge is 0.465 e. The second kappa shape index (κ2) is 6.58. The van der Waals surface area contributed by atoms with Gasteiger partial charge in [0.15, 0.2) is 0 Å². The normalized spacial score (nSPS) is 10.5. The van der Waals surface area contributed by atoms with Gasteiger partial charge in [-0.05, 0) is 43.2 Å². The van der Waals surface area contributed by atoms with Crippen LogP contribution in [0.1, 0.15) is 28.4 Å². The molecule has 5 heteroatoms. The number of ether oxygens (including phenoxy) is 2. The highest BCUT2D eigenvalue weighted by Crippen LogP contribution is 2.20. The number of nitrogens with two attached hydrogens (primary N) is 1. The van der Waals surface area contributed by atoms with E-state index in [2.05, 4.69) is 4.74 Å². The number of methoxy groups -OCH3 is 1. The predicted molar refractivity (Wildman–Crippen MR) is 72.6 cm³/mol. The zero-order valence-corrected chi connectivity index (χ0v) is 11.2. The van der Waals surface area contributed by atoms with Crippen molar-refractivity contribution in [1.82, 2.24) is 0 Å². The van der Waals surface area contributed by atoms with Crippen LogP contribution < -0.4 is 5.73 Å². The zero-order chi connectivity index (χ0) is 14.4. The summed E-state index contributed by atoms with van der Waals surface area (Å²) in [4.78, 5) is 22.8. The van der Waals surface area contributed by atoms with Crippen LogP contribution in [0, 0.1) is 6.92 Å². The number of esters is 2. The van der Waals surface area contributed by atoms with Crippen molar-refractivity contribution in [3.05, 3.63) is 34.9 Å². The molecule has 0 unspecified atom stereocenters. The van der Waals surface area contributed by atoms with E-state index in [4.69, 9.17) is 10.5 Å². The van der Waals surface area contributed by atoms with Gasteiger partial charge in [-0.1, -0.05) is 0 Å². The van der Waals surface area contributed by atoms with E-state index in [9.17, 15) is 9.59 Å². The minimum absolute atomic E-state index is 0.312. The highest BCUT2D eigenvalue weighted by molar-refractivity contribution is 5.94. The molecule has 0 spiro atoms. The van der Waals surface area contributed by atoms with E-state index < -0.39 is 11.9 Å². The maximum atomic E-state index is 11.6. The number of hydrogen-bond donors (Lipinski definition) is 1. The van der Waals surface area contributed by atoms with Crippen molar-refractivity contribution in [1.29, 1.82) is 0 Å². The summed E-state index contributed by atoms with van der Waals surface area (Å²) in [7, 11) is 1.30. The standard InChI is InChI=1S/C14H17NO4/c1-4-19-13(16)6-5-10-7-11(14(17)18-3)9(2)12(15)8-10/h5-8H,4,15H2,1-3H3. The number of nitrogen functional groups attached to an aromatic ring is 1. The first kappa shape index (κ1) is 14.8. The van der Waals surface area contributed by atoms with Gasteiger partial charge in [0.25, 0.3) is 0 Å². The number of carbonyl (C=O) groups is 2. The van der Waals surface area contributed by atoms with Gasteiger partial charge in [-0.15, -0.1) is 0 Å². The molecule has 5 nitrogen and oxygen atoms in total. The molecule has 0 amide bonds. The molecule has 0 aliphatic heterocycles. The van der Waals surface area contributed by atoms with Crippen molar-refractivity contribution in [3.63, 3.8) is 0 Å². The van der Waals surface area contributed by atoms with E-state index in [0.717, 1.165) is 0 Å². The van der Waals surface area contributed by atoms with Crippen LogP contribution in [0.2, 0.25) is 0 Å². The lowest BCUT2D eigenvalue weighted by molar-refractivity contribution is -0.137. The maximum absolute atomic E-state index is 11.6. The summed E-state index contributed by atoms with van der Waals surface area (Å²) < 4.78 is 9.45. The number of anilines is 1. The van der Waals surface area contributed by atoms with Gasteiger partial charge >= 0.3 is 11.9 Å². The highest BCUT2D eigenvalue weighted by Gasteiger charge is 2.12. The fourth-order valence-corrected chi connectivity index (χ4v) is 1.53. The number of carbonyl (C=O) groups excluding carboxylic acids is 2. The Balaban J connectivity index is 3.07. The molecule has 0 saturated carbocycles. The van der Waals surface area contributed by atoms with Crippen molar-refractivity contribution in [2.24, 2.45) is 0 Å². The lowest BCUT2D eigenvalue weighted by Crippen LogP contribution is -2.06. The number of rotatable bonds is 4. The minimum Gasteiger partial charge on any atom is -0.465 e. The Morgan fingerprint density at radius 1 is 1.37 bits per heavy atom. The van der Waals surface area contributed by atoms with E-state index in [-0.39, 0.29) is 0 Å². The van der Waals surface area contributed by atoms with Crippen molar-refractivity contribution in [2.75, 3.05) is 19.5 Å². The van der Waals surface area contributed by atoms with Crippen LogP contribution >= 0.6 is 0 Å². The molecule has 1 aromatic rings. The number of hydrogen-bond acceptors (Lipinski definition) is 5. The fourth-order valence-electron chi connectivity index (χ4n) is 1.53. The van der Waals surface area contributed by atoms with Crippen molar-refractivity contribution >= 4 is 23.7 Å². The average molecular weight is 263 g/mol. The van der Waals surface area contributed by atoms with E-state index in [0.29, 0.717) is 29.0 Å². The van der Waals surface area contributed by atoms with Crippen molar-refractivity contribution in [2.45, 2.75) is 13.8 Å². The second-order valence-corrected chi connectivity index (χ2v) is 3.86. The third-order valence-corrected chi connectivity index (χ3v) is 2.57. The van der Waals surface area contributed by atoms with E-state index in [1.54, 1.807) is 32.1 Å². The summed E-state index contributed by atoms with van der Waals surface area (Å²) in [5, 5.41) is 0. The van der Waals surface area contributed by atoms with Crippen LogP contribution in [0.5, 0.6) is 0 Å². The molecule has 0 aliphatic carbocycles. The first-order chi connectivity index (χ1) is 8.99. The zero-order valence-electron chi connectivity index (χ0n) is 11.2. The molecule has 0 saturated heterocycles. The van der Waals surface area contributed by atoms with E-state index >= 15 is 0 Å². The molecule has 0 radical (unpaired) electrons. The van der Waals surface area contributed by atoms with Gasteiger partial charge in [-0.3, -0.25) is 0 Å². The molecular formula is C14H17NO4. The van der Waals surface area contributed by atoms with Gasteiger partial charge in [-0.25, -0.2) is 9.59 Å². The Morgan fingerprint density at radius 2 is 2.05 bits per heavy atom. The molecule has 2 N–H and O–H groups in total. The third-order valence-electron chi connectivity index (χ3n) is 2.57. The summed E-state index contributed by atoms with van der Waals surface area (Å²) in [5.74, 6) is -0.906. The first-order valence-electron chi connectivity index (χ1n) is 5.82. The van der Waals surface area contributed by atoms with Gasteiger partial charge in [-0.2, -0.15) is 0 Å². The molecule has 19 heavy (non-hydrogen) atoms. The van der Waals surface area contributed by atoms with Gasteiger partial charge in [0.2, 0.25) is 0 Å². The van der Waals surface area contributed by atoms with Gasteiger partial charge in [0, 0.05) is 11.8 Å². The van der Waals surface area contributed by atoms with Gasteiger partial charge in [0.1, 0.15) is 0 Å². The van der Waals surface area contributed by atoms with Crippen molar-refractivity contribution < 1.29 is 19.1 Å².